The third-order valence-corrected chi connectivity index (χ3v) is 3.53. The lowest BCUT2D eigenvalue weighted by atomic mass is 10.1. The molecule has 1 aliphatic heterocycles. The van der Waals surface area contributed by atoms with Gasteiger partial charge in [0.15, 0.2) is 0 Å². The number of likely N-dealkylation sites (tertiary alicyclic amines) is 1. The van der Waals surface area contributed by atoms with Crippen LogP contribution in [0.1, 0.15) is 39.2 Å². The minimum atomic E-state index is -4.60. The second kappa shape index (κ2) is 6.93. The first-order valence-electron chi connectivity index (χ1n) is 7.90. The lowest BCUT2D eigenvalue weighted by Gasteiger charge is -2.34. The van der Waals surface area contributed by atoms with E-state index in [0.717, 1.165) is 0 Å². The first-order chi connectivity index (χ1) is 11.5. The molecule has 1 amide bonds. The molecule has 1 aromatic heterocycles. The molecule has 2 rings (SSSR count). The molecule has 0 radical (unpaired) electrons. The van der Waals surface area contributed by atoms with Crippen molar-refractivity contribution < 1.29 is 22.7 Å². The molecular formula is C15H22F3N5O2. The number of rotatable bonds is 2. The summed E-state index contributed by atoms with van der Waals surface area (Å²) in [6.45, 7) is 5.97. The zero-order valence-electron chi connectivity index (χ0n) is 14.4. The standard InChI is InChI=1S/C15H22F3N5O2/c1-14(2,3)25-13(24)23-6-4-5-9(8-23)21-11-10(15(16,17)18)7-20-12(19)22-11/h7,9H,4-6,8H2,1-3H3,(H3,19,20,21,22). The number of nitrogens with one attached hydrogen (secondary N) is 1. The highest BCUT2D eigenvalue weighted by Crippen LogP contribution is 2.34. The van der Waals surface area contributed by atoms with Crippen LogP contribution in [-0.2, 0) is 10.9 Å². The van der Waals surface area contributed by atoms with Gasteiger partial charge in [-0.05, 0) is 33.6 Å². The number of hydrogen-bond donors (Lipinski definition) is 2. The molecule has 1 atom stereocenters. The summed E-state index contributed by atoms with van der Waals surface area (Å²) in [7, 11) is 0. The van der Waals surface area contributed by atoms with Crippen LogP contribution in [-0.4, -0.2) is 45.7 Å². The third kappa shape index (κ3) is 5.36. The first-order valence-corrected chi connectivity index (χ1v) is 7.90. The molecule has 0 bridgehead atoms. The van der Waals surface area contributed by atoms with Crippen molar-refractivity contribution in [2.75, 3.05) is 24.1 Å². The lowest BCUT2D eigenvalue weighted by molar-refractivity contribution is -0.137. The van der Waals surface area contributed by atoms with Gasteiger partial charge >= 0.3 is 12.3 Å². The molecule has 1 unspecified atom stereocenters. The number of nitrogens with zero attached hydrogens (tertiary/aromatic N) is 3. The molecule has 2 heterocycles. The summed E-state index contributed by atoms with van der Waals surface area (Å²) in [5, 5.41) is 2.74. The van der Waals surface area contributed by atoms with E-state index in [0.29, 0.717) is 25.6 Å². The summed E-state index contributed by atoms with van der Waals surface area (Å²) >= 11 is 0. The van der Waals surface area contributed by atoms with Gasteiger partial charge in [-0.1, -0.05) is 0 Å². The normalized spacial score (nSPS) is 18.8. The van der Waals surface area contributed by atoms with Crippen LogP contribution in [0.5, 0.6) is 0 Å². The first kappa shape index (κ1) is 19.1. The number of ether oxygens (including phenoxy) is 1. The maximum atomic E-state index is 13.1. The molecule has 1 saturated heterocycles. The van der Waals surface area contributed by atoms with Crippen LogP contribution in [0, 0.1) is 0 Å². The van der Waals surface area contributed by atoms with Gasteiger partial charge < -0.3 is 20.7 Å². The third-order valence-electron chi connectivity index (χ3n) is 3.53. The van der Waals surface area contributed by atoms with E-state index in [1.54, 1.807) is 20.8 Å². The summed E-state index contributed by atoms with van der Waals surface area (Å²) in [4.78, 5) is 20.7. The molecule has 1 fully saturated rings. The number of nitrogens with two attached hydrogens (primary N) is 1. The van der Waals surface area contributed by atoms with Crippen LogP contribution < -0.4 is 11.1 Å². The number of piperidine rings is 1. The Morgan fingerprint density at radius 1 is 1.40 bits per heavy atom. The molecule has 0 aliphatic carbocycles. The lowest BCUT2D eigenvalue weighted by Crippen LogP contribution is -2.47. The molecule has 10 heteroatoms. The van der Waals surface area contributed by atoms with Crippen molar-refractivity contribution in [3.63, 3.8) is 0 Å². The Balaban J connectivity index is 2.11. The van der Waals surface area contributed by atoms with Gasteiger partial charge in [0.2, 0.25) is 5.95 Å². The molecule has 0 saturated carbocycles. The van der Waals surface area contributed by atoms with Crippen molar-refractivity contribution in [1.29, 1.82) is 0 Å². The predicted molar refractivity (Wildman–Crippen MR) is 85.9 cm³/mol. The summed E-state index contributed by atoms with van der Waals surface area (Å²) in [5.74, 6) is -0.633. The maximum Gasteiger partial charge on any atom is 0.421 e. The molecule has 1 aliphatic rings. The van der Waals surface area contributed by atoms with Gasteiger partial charge in [0.05, 0.1) is 0 Å². The largest absolute Gasteiger partial charge is 0.444 e. The zero-order valence-corrected chi connectivity index (χ0v) is 14.4. The minimum Gasteiger partial charge on any atom is -0.444 e. The number of aromatic nitrogens is 2. The van der Waals surface area contributed by atoms with Crippen LogP contribution in [0.4, 0.5) is 29.7 Å². The Morgan fingerprint density at radius 3 is 2.68 bits per heavy atom. The maximum absolute atomic E-state index is 13.1. The van der Waals surface area contributed by atoms with Gasteiger partial charge in [0, 0.05) is 25.3 Å². The second-order valence-electron chi connectivity index (χ2n) is 6.90. The molecule has 25 heavy (non-hydrogen) atoms. The van der Waals surface area contributed by atoms with Gasteiger partial charge in [0.1, 0.15) is 17.0 Å². The second-order valence-corrected chi connectivity index (χ2v) is 6.90. The van der Waals surface area contributed by atoms with Crippen molar-refractivity contribution >= 4 is 17.9 Å². The quantitative estimate of drug-likeness (QED) is 0.841. The highest BCUT2D eigenvalue weighted by atomic mass is 19.4. The number of alkyl halides is 3. The van der Waals surface area contributed by atoms with Gasteiger partial charge in [-0.15, -0.1) is 0 Å². The van der Waals surface area contributed by atoms with Crippen molar-refractivity contribution in [3.8, 4) is 0 Å². The average Bonchev–Trinajstić information content (AvgIpc) is 2.44. The summed E-state index contributed by atoms with van der Waals surface area (Å²) in [6, 6.07) is -0.392. The fraction of sp³-hybridized carbons (Fsp3) is 0.667. The number of hydrogen-bond acceptors (Lipinski definition) is 6. The summed E-state index contributed by atoms with van der Waals surface area (Å²) in [6.07, 6.45) is -3.20. The van der Waals surface area contributed by atoms with E-state index in [-0.39, 0.29) is 18.3 Å². The molecule has 3 N–H and O–H groups in total. The van der Waals surface area contributed by atoms with Crippen molar-refractivity contribution in [1.82, 2.24) is 14.9 Å². The summed E-state index contributed by atoms with van der Waals surface area (Å²) < 4.78 is 44.5. The van der Waals surface area contributed by atoms with E-state index in [2.05, 4.69) is 15.3 Å². The predicted octanol–water partition coefficient (Wildman–Crippen LogP) is 2.89. The Kier molecular flexibility index (Phi) is 5.28. The molecule has 1 aromatic rings. The van der Waals surface area contributed by atoms with E-state index in [4.69, 9.17) is 10.5 Å². The number of nitrogen functional groups attached to an aromatic ring is 1. The van der Waals surface area contributed by atoms with E-state index in [9.17, 15) is 18.0 Å². The van der Waals surface area contributed by atoms with Crippen LogP contribution in [0.25, 0.3) is 0 Å². The van der Waals surface area contributed by atoms with Crippen LogP contribution in [0.15, 0.2) is 6.20 Å². The number of anilines is 2. The number of amides is 1. The topological polar surface area (TPSA) is 93.4 Å². The molecular weight excluding hydrogens is 339 g/mol. The Labute approximate surface area is 143 Å². The van der Waals surface area contributed by atoms with Crippen molar-refractivity contribution in [2.24, 2.45) is 0 Å². The minimum absolute atomic E-state index is 0.218. The fourth-order valence-electron chi connectivity index (χ4n) is 2.49. The van der Waals surface area contributed by atoms with E-state index in [1.165, 1.54) is 4.90 Å². The monoisotopic (exact) mass is 361 g/mol. The number of halogens is 3. The summed E-state index contributed by atoms with van der Waals surface area (Å²) in [5.41, 5.74) is 3.78. The zero-order chi connectivity index (χ0) is 18.8. The number of carbonyl (C=O) groups excluding carboxylic acids is 1. The molecule has 7 nitrogen and oxygen atoms in total. The Hall–Kier alpha value is -2.26. The van der Waals surface area contributed by atoms with E-state index in [1.807, 2.05) is 0 Å². The molecule has 140 valence electrons. The Morgan fingerprint density at radius 2 is 2.08 bits per heavy atom. The van der Waals surface area contributed by atoms with Crippen LogP contribution in [0.2, 0.25) is 0 Å². The molecule has 0 spiro atoms. The van der Waals surface area contributed by atoms with Crippen LogP contribution in [0.3, 0.4) is 0 Å². The van der Waals surface area contributed by atoms with E-state index < -0.39 is 29.5 Å². The van der Waals surface area contributed by atoms with Gasteiger partial charge in [0.25, 0.3) is 0 Å². The van der Waals surface area contributed by atoms with Gasteiger partial charge in [-0.3, -0.25) is 0 Å². The molecule has 0 aromatic carbocycles. The van der Waals surface area contributed by atoms with Crippen molar-refractivity contribution in [2.45, 2.75) is 51.4 Å². The fourth-order valence-corrected chi connectivity index (χ4v) is 2.49. The van der Waals surface area contributed by atoms with E-state index >= 15 is 0 Å². The average molecular weight is 361 g/mol. The number of carbonyl (C=O) groups is 1. The smallest absolute Gasteiger partial charge is 0.421 e. The Bertz CT molecular complexity index is 631. The van der Waals surface area contributed by atoms with Crippen LogP contribution >= 0.6 is 0 Å². The van der Waals surface area contributed by atoms with Gasteiger partial charge in [-0.2, -0.15) is 18.2 Å². The van der Waals surface area contributed by atoms with Gasteiger partial charge in [-0.25, -0.2) is 9.78 Å². The van der Waals surface area contributed by atoms with Crippen molar-refractivity contribution in [3.05, 3.63) is 11.8 Å². The highest BCUT2D eigenvalue weighted by molar-refractivity contribution is 5.68. The SMILES string of the molecule is CC(C)(C)OC(=O)N1CCCC(Nc2nc(N)ncc2C(F)(F)F)C1. The highest BCUT2D eigenvalue weighted by Gasteiger charge is 2.36.